The predicted octanol–water partition coefficient (Wildman–Crippen LogP) is 0.805. The fourth-order valence-corrected chi connectivity index (χ4v) is 3.43. The molecule has 7 heteroatoms. The fraction of sp³-hybridized carbons (Fsp3) is 0.556. The van der Waals surface area contributed by atoms with E-state index >= 15 is 0 Å². The molecule has 3 rings (SSSR count). The molecule has 25 heavy (non-hydrogen) atoms. The molecule has 0 bridgehead atoms. The summed E-state index contributed by atoms with van der Waals surface area (Å²) in [6.07, 6.45) is 3.20. The van der Waals surface area contributed by atoms with Gasteiger partial charge in [0.1, 0.15) is 11.4 Å². The van der Waals surface area contributed by atoms with E-state index in [4.69, 9.17) is 5.73 Å². The third kappa shape index (κ3) is 3.81. The Labute approximate surface area is 147 Å². The molecule has 1 aromatic rings. The summed E-state index contributed by atoms with van der Waals surface area (Å²) in [5.41, 5.74) is 5.41. The summed E-state index contributed by atoms with van der Waals surface area (Å²) < 4.78 is 0. The highest BCUT2D eigenvalue weighted by atomic mass is 16.2. The predicted molar refractivity (Wildman–Crippen MR) is 91.7 cm³/mol. The van der Waals surface area contributed by atoms with E-state index in [-0.39, 0.29) is 35.0 Å². The molecule has 134 valence electrons. The second kappa shape index (κ2) is 7.21. The highest BCUT2D eigenvalue weighted by molar-refractivity contribution is 5.95. The molecule has 2 aliphatic rings. The molecule has 0 aromatic carbocycles. The van der Waals surface area contributed by atoms with Crippen molar-refractivity contribution in [3.05, 3.63) is 29.6 Å². The lowest BCUT2D eigenvalue weighted by Crippen LogP contribution is -2.56. The zero-order valence-corrected chi connectivity index (χ0v) is 14.4. The van der Waals surface area contributed by atoms with Crippen LogP contribution in [-0.2, 0) is 4.79 Å². The molecule has 1 aliphatic carbocycles. The minimum atomic E-state index is -0.663. The van der Waals surface area contributed by atoms with Crippen LogP contribution in [0.15, 0.2) is 18.2 Å². The van der Waals surface area contributed by atoms with Crippen molar-refractivity contribution < 1.29 is 14.4 Å². The number of nitrogens with zero attached hydrogens (tertiary/aromatic N) is 2. The standard InChI is InChI=1S/C18H24N4O3/c1-2-11-6-13(7-11)18(25)22-9-12(10-22)8-20-17(24)15-5-3-4-14(21-15)16(19)23/h3-5,11-13H,2,6-10H2,1H3,(H2,19,23)(H,20,24). The molecule has 1 aromatic heterocycles. The van der Waals surface area contributed by atoms with Gasteiger partial charge in [-0.2, -0.15) is 0 Å². The Bertz CT molecular complexity index is 679. The van der Waals surface area contributed by atoms with E-state index in [1.165, 1.54) is 6.07 Å². The van der Waals surface area contributed by atoms with Crippen molar-refractivity contribution in [3.63, 3.8) is 0 Å². The van der Waals surface area contributed by atoms with Crippen molar-refractivity contribution >= 4 is 17.7 Å². The first-order chi connectivity index (χ1) is 12.0. The Balaban J connectivity index is 1.40. The van der Waals surface area contributed by atoms with E-state index in [0.29, 0.717) is 25.6 Å². The maximum atomic E-state index is 12.3. The number of nitrogens with one attached hydrogen (secondary N) is 1. The Morgan fingerprint density at radius 1 is 1.20 bits per heavy atom. The lowest BCUT2D eigenvalue weighted by atomic mass is 9.72. The van der Waals surface area contributed by atoms with Crippen LogP contribution in [0.25, 0.3) is 0 Å². The summed E-state index contributed by atoms with van der Waals surface area (Å²) in [4.78, 5) is 41.3. The molecular weight excluding hydrogens is 320 g/mol. The van der Waals surface area contributed by atoms with Gasteiger partial charge in [0.15, 0.2) is 0 Å². The smallest absolute Gasteiger partial charge is 0.269 e. The number of hydrogen-bond acceptors (Lipinski definition) is 4. The minimum absolute atomic E-state index is 0.0685. The van der Waals surface area contributed by atoms with Crippen LogP contribution in [0, 0.1) is 17.8 Å². The molecular formula is C18H24N4O3. The Hall–Kier alpha value is -2.44. The first-order valence-corrected chi connectivity index (χ1v) is 8.81. The number of amides is 3. The molecule has 1 saturated heterocycles. The van der Waals surface area contributed by atoms with Gasteiger partial charge in [0.2, 0.25) is 5.91 Å². The molecule has 0 spiro atoms. The maximum Gasteiger partial charge on any atom is 0.269 e. The summed E-state index contributed by atoms with van der Waals surface area (Å²) in [6.45, 7) is 4.05. The van der Waals surface area contributed by atoms with Crippen molar-refractivity contribution in [2.45, 2.75) is 26.2 Å². The number of nitrogens with two attached hydrogens (primary N) is 1. The van der Waals surface area contributed by atoms with E-state index < -0.39 is 5.91 Å². The zero-order valence-electron chi connectivity index (χ0n) is 14.4. The number of likely N-dealkylation sites (tertiary alicyclic amines) is 1. The van der Waals surface area contributed by atoms with Gasteiger partial charge < -0.3 is 16.0 Å². The Morgan fingerprint density at radius 2 is 1.88 bits per heavy atom. The lowest BCUT2D eigenvalue weighted by molar-refractivity contribution is -0.146. The SMILES string of the molecule is CCC1CC(C(=O)N2CC(CNC(=O)c3cccc(C(N)=O)n3)C2)C1. The molecule has 0 radical (unpaired) electrons. The van der Waals surface area contributed by atoms with Crippen LogP contribution in [0.3, 0.4) is 0 Å². The lowest BCUT2D eigenvalue weighted by Gasteiger charge is -2.44. The number of primary amides is 1. The summed E-state index contributed by atoms with van der Waals surface area (Å²) in [5, 5.41) is 2.81. The Kier molecular flexibility index (Phi) is 5.01. The molecule has 0 atom stereocenters. The highest BCUT2D eigenvalue weighted by Crippen LogP contribution is 2.38. The van der Waals surface area contributed by atoms with Gasteiger partial charge in [-0.15, -0.1) is 0 Å². The number of carbonyl (C=O) groups is 3. The number of aromatic nitrogens is 1. The molecule has 1 saturated carbocycles. The van der Waals surface area contributed by atoms with E-state index in [1.807, 2.05) is 4.90 Å². The highest BCUT2D eigenvalue weighted by Gasteiger charge is 2.40. The van der Waals surface area contributed by atoms with Gasteiger partial charge in [-0.3, -0.25) is 14.4 Å². The molecule has 3 amide bonds. The van der Waals surface area contributed by atoms with Crippen molar-refractivity contribution in [2.75, 3.05) is 19.6 Å². The van der Waals surface area contributed by atoms with Crippen molar-refractivity contribution in [1.29, 1.82) is 0 Å². The quantitative estimate of drug-likeness (QED) is 0.796. The molecule has 7 nitrogen and oxygen atoms in total. The number of carbonyl (C=O) groups excluding carboxylic acids is 3. The van der Waals surface area contributed by atoms with Gasteiger partial charge in [0, 0.05) is 31.5 Å². The van der Waals surface area contributed by atoms with Crippen LogP contribution >= 0.6 is 0 Å². The molecule has 1 aliphatic heterocycles. The molecule has 2 heterocycles. The largest absolute Gasteiger partial charge is 0.364 e. The van der Waals surface area contributed by atoms with E-state index in [2.05, 4.69) is 17.2 Å². The Morgan fingerprint density at radius 3 is 2.52 bits per heavy atom. The van der Waals surface area contributed by atoms with E-state index in [0.717, 1.165) is 19.3 Å². The van der Waals surface area contributed by atoms with Gasteiger partial charge in [0.05, 0.1) is 0 Å². The van der Waals surface area contributed by atoms with Crippen LogP contribution in [-0.4, -0.2) is 47.2 Å². The zero-order chi connectivity index (χ0) is 18.0. The molecule has 0 unspecified atom stereocenters. The van der Waals surface area contributed by atoms with Crippen molar-refractivity contribution in [3.8, 4) is 0 Å². The van der Waals surface area contributed by atoms with E-state index in [1.54, 1.807) is 12.1 Å². The van der Waals surface area contributed by atoms with Crippen LogP contribution < -0.4 is 11.1 Å². The van der Waals surface area contributed by atoms with E-state index in [9.17, 15) is 14.4 Å². The van der Waals surface area contributed by atoms with Crippen LogP contribution in [0.5, 0.6) is 0 Å². The first kappa shape index (κ1) is 17.4. The summed E-state index contributed by atoms with van der Waals surface area (Å²) in [7, 11) is 0. The van der Waals surface area contributed by atoms with Crippen molar-refractivity contribution in [2.24, 2.45) is 23.5 Å². The average Bonchev–Trinajstić information content (AvgIpc) is 2.52. The second-order valence-electron chi connectivity index (χ2n) is 7.03. The third-order valence-electron chi connectivity index (χ3n) is 5.22. The number of hydrogen-bond donors (Lipinski definition) is 2. The van der Waals surface area contributed by atoms with Crippen LogP contribution in [0.1, 0.15) is 47.2 Å². The van der Waals surface area contributed by atoms with Gasteiger partial charge in [0.25, 0.3) is 11.8 Å². The molecule has 2 fully saturated rings. The number of rotatable bonds is 6. The fourth-order valence-electron chi connectivity index (χ4n) is 3.43. The monoisotopic (exact) mass is 344 g/mol. The topological polar surface area (TPSA) is 105 Å². The van der Waals surface area contributed by atoms with Crippen molar-refractivity contribution in [1.82, 2.24) is 15.2 Å². The van der Waals surface area contributed by atoms with Gasteiger partial charge in [-0.05, 0) is 30.9 Å². The summed E-state index contributed by atoms with van der Waals surface area (Å²) in [5.74, 6) is 0.467. The normalized spacial score (nSPS) is 22.7. The molecule has 3 N–H and O–H groups in total. The van der Waals surface area contributed by atoms with Crippen LogP contribution in [0.4, 0.5) is 0 Å². The third-order valence-corrected chi connectivity index (χ3v) is 5.22. The average molecular weight is 344 g/mol. The number of pyridine rings is 1. The first-order valence-electron chi connectivity index (χ1n) is 8.81. The van der Waals surface area contributed by atoms with Gasteiger partial charge in [-0.1, -0.05) is 19.4 Å². The second-order valence-corrected chi connectivity index (χ2v) is 7.03. The van der Waals surface area contributed by atoms with Crippen LogP contribution in [0.2, 0.25) is 0 Å². The summed E-state index contributed by atoms with van der Waals surface area (Å²) >= 11 is 0. The minimum Gasteiger partial charge on any atom is -0.364 e. The maximum absolute atomic E-state index is 12.3. The van der Waals surface area contributed by atoms with Gasteiger partial charge >= 0.3 is 0 Å². The van der Waals surface area contributed by atoms with Gasteiger partial charge in [-0.25, -0.2) is 4.98 Å². The summed E-state index contributed by atoms with van der Waals surface area (Å²) in [6, 6.07) is 4.59.